The molecular formula is C15H11NO7S. The van der Waals surface area contributed by atoms with Crippen molar-refractivity contribution in [1.29, 1.82) is 0 Å². The van der Waals surface area contributed by atoms with Crippen LogP contribution in [0.5, 0.6) is 11.5 Å². The highest BCUT2D eigenvalue weighted by Crippen LogP contribution is 2.40. The van der Waals surface area contributed by atoms with Crippen LogP contribution < -0.4 is 4.74 Å². The first-order valence-corrected chi connectivity index (χ1v) is 8.11. The van der Waals surface area contributed by atoms with Gasteiger partial charge in [0.05, 0.1) is 27.2 Å². The highest BCUT2D eigenvalue weighted by atomic mass is 32.2. The zero-order valence-corrected chi connectivity index (χ0v) is 13.1. The fourth-order valence-corrected chi connectivity index (χ4v) is 3.85. The van der Waals surface area contributed by atoms with E-state index in [0.29, 0.717) is 5.75 Å². The van der Waals surface area contributed by atoms with E-state index in [4.69, 9.17) is 9.15 Å². The van der Waals surface area contributed by atoms with Gasteiger partial charge in [0.1, 0.15) is 12.0 Å². The molecule has 0 aliphatic rings. The third kappa shape index (κ3) is 2.35. The van der Waals surface area contributed by atoms with E-state index in [9.17, 15) is 23.6 Å². The van der Waals surface area contributed by atoms with E-state index in [2.05, 4.69) is 0 Å². The fourth-order valence-electron chi connectivity index (χ4n) is 2.35. The molecule has 0 bridgehead atoms. The lowest BCUT2D eigenvalue weighted by Crippen LogP contribution is -2.03. The van der Waals surface area contributed by atoms with E-state index in [0.717, 1.165) is 18.4 Å². The number of methoxy groups -OCH3 is 1. The molecule has 1 heterocycles. The molecule has 1 aromatic heterocycles. The molecule has 0 radical (unpaired) electrons. The number of nitro groups is 1. The Kier molecular flexibility index (Phi) is 3.64. The fraction of sp³-hybridized carbons (Fsp3) is 0.0667. The van der Waals surface area contributed by atoms with E-state index in [1.807, 2.05) is 0 Å². The topological polar surface area (TPSA) is 120 Å². The van der Waals surface area contributed by atoms with E-state index >= 15 is 0 Å². The minimum atomic E-state index is -4.06. The minimum absolute atomic E-state index is 0.0717. The summed E-state index contributed by atoms with van der Waals surface area (Å²) in [7, 11) is -2.66. The molecule has 0 atom stereocenters. The molecular weight excluding hydrogens is 338 g/mol. The monoisotopic (exact) mass is 349 g/mol. The third-order valence-corrected chi connectivity index (χ3v) is 5.27. The van der Waals surface area contributed by atoms with Gasteiger partial charge in [-0.15, -0.1) is 0 Å². The molecule has 0 aliphatic heterocycles. The number of nitrogens with zero attached hydrogens (tertiary/aromatic N) is 1. The van der Waals surface area contributed by atoms with Crippen molar-refractivity contribution in [2.45, 2.75) is 9.79 Å². The van der Waals surface area contributed by atoms with Crippen molar-refractivity contribution in [2.24, 2.45) is 0 Å². The van der Waals surface area contributed by atoms with Crippen molar-refractivity contribution < 1.29 is 27.6 Å². The molecule has 9 heteroatoms. The largest absolute Gasteiger partial charge is 0.504 e. The average molecular weight is 349 g/mol. The Morgan fingerprint density at radius 2 is 2.00 bits per heavy atom. The van der Waals surface area contributed by atoms with Crippen LogP contribution >= 0.6 is 0 Å². The van der Waals surface area contributed by atoms with Gasteiger partial charge in [-0.25, -0.2) is 8.42 Å². The molecule has 24 heavy (non-hydrogen) atoms. The molecule has 1 N–H and O–H groups in total. The lowest BCUT2D eigenvalue weighted by Gasteiger charge is -2.08. The number of hydrogen-bond donors (Lipinski definition) is 1. The van der Waals surface area contributed by atoms with Crippen molar-refractivity contribution in [1.82, 2.24) is 0 Å². The smallest absolute Gasteiger partial charge is 0.312 e. The Hall–Kier alpha value is -3.07. The second-order valence-electron chi connectivity index (χ2n) is 4.85. The summed E-state index contributed by atoms with van der Waals surface area (Å²) >= 11 is 0. The summed E-state index contributed by atoms with van der Waals surface area (Å²) in [4.78, 5) is 9.96. The maximum Gasteiger partial charge on any atom is 0.312 e. The van der Waals surface area contributed by atoms with Gasteiger partial charge in [0.2, 0.25) is 15.4 Å². The number of hydrogen-bond acceptors (Lipinski definition) is 7. The Morgan fingerprint density at radius 1 is 1.25 bits per heavy atom. The summed E-state index contributed by atoms with van der Waals surface area (Å²) in [5.41, 5.74) is -0.739. The van der Waals surface area contributed by atoms with Crippen molar-refractivity contribution >= 4 is 26.5 Å². The second-order valence-corrected chi connectivity index (χ2v) is 6.77. The number of sulfone groups is 1. The quantitative estimate of drug-likeness (QED) is 0.568. The number of nitro benzene ring substituents is 1. The minimum Gasteiger partial charge on any atom is -0.504 e. The number of benzene rings is 2. The maximum absolute atomic E-state index is 12.9. The van der Waals surface area contributed by atoms with Gasteiger partial charge in [-0.3, -0.25) is 10.1 Å². The van der Waals surface area contributed by atoms with Crippen LogP contribution in [0.2, 0.25) is 0 Å². The van der Waals surface area contributed by atoms with Gasteiger partial charge in [0.15, 0.2) is 5.75 Å². The predicted molar refractivity (Wildman–Crippen MR) is 83.0 cm³/mol. The molecule has 0 spiro atoms. The van der Waals surface area contributed by atoms with Crippen LogP contribution in [0.25, 0.3) is 11.0 Å². The Bertz CT molecular complexity index is 1050. The maximum atomic E-state index is 12.9. The van der Waals surface area contributed by atoms with Gasteiger partial charge in [-0.05, 0) is 24.3 Å². The SMILES string of the molecule is COc1cccc(S(=O)(=O)c2ccc([N+](=O)[O-])c3occ(O)c23)c1. The van der Waals surface area contributed by atoms with Crippen molar-refractivity contribution in [2.75, 3.05) is 7.11 Å². The summed E-state index contributed by atoms with van der Waals surface area (Å²) < 4.78 is 35.7. The average Bonchev–Trinajstić information content (AvgIpc) is 2.96. The zero-order valence-electron chi connectivity index (χ0n) is 12.3. The van der Waals surface area contributed by atoms with Crippen LogP contribution in [-0.4, -0.2) is 25.6 Å². The first-order valence-electron chi connectivity index (χ1n) is 6.63. The molecule has 0 aliphatic carbocycles. The van der Waals surface area contributed by atoms with Crippen molar-refractivity contribution in [3.63, 3.8) is 0 Å². The van der Waals surface area contributed by atoms with Crippen molar-refractivity contribution in [3.05, 3.63) is 52.8 Å². The van der Waals surface area contributed by atoms with Gasteiger partial charge >= 0.3 is 5.69 Å². The van der Waals surface area contributed by atoms with Gasteiger partial charge in [0, 0.05) is 6.07 Å². The molecule has 2 aromatic carbocycles. The summed E-state index contributed by atoms with van der Waals surface area (Å²) in [6, 6.07) is 7.87. The highest BCUT2D eigenvalue weighted by Gasteiger charge is 2.28. The summed E-state index contributed by atoms with van der Waals surface area (Å²) in [5, 5.41) is 20.7. The predicted octanol–water partition coefficient (Wildman–Crippen LogP) is 2.89. The number of rotatable bonds is 4. The number of fused-ring (bicyclic) bond motifs is 1. The molecule has 124 valence electrons. The molecule has 0 fully saturated rings. The Balaban J connectivity index is 2.31. The van der Waals surface area contributed by atoms with E-state index in [-0.39, 0.29) is 20.8 Å². The highest BCUT2D eigenvalue weighted by molar-refractivity contribution is 7.91. The Labute approximate surface area is 136 Å². The number of aromatic hydroxyl groups is 1. The molecule has 8 nitrogen and oxygen atoms in total. The van der Waals surface area contributed by atoms with Crippen LogP contribution in [0, 0.1) is 10.1 Å². The Morgan fingerprint density at radius 3 is 2.67 bits per heavy atom. The van der Waals surface area contributed by atoms with Gasteiger partial charge in [0.25, 0.3) is 0 Å². The van der Waals surface area contributed by atoms with E-state index in [1.54, 1.807) is 6.07 Å². The lowest BCUT2D eigenvalue weighted by atomic mass is 10.2. The summed E-state index contributed by atoms with van der Waals surface area (Å²) in [5.74, 6) is -0.152. The second kappa shape index (κ2) is 5.53. The van der Waals surface area contributed by atoms with Crippen LogP contribution in [0.1, 0.15) is 0 Å². The van der Waals surface area contributed by atoms with Crippen LogP contribution in [-0.2, 0) is 9.84 Å². The van der Waals surface area contributed by atoms with Gasteiger partial charge < -0.3 is 14.3 Å². The normalized spacial score (nSPS) is 11.5. The molecule has 0 unspecified atom stereocenters. The zero-order chi connectivity index (χ0) is 17.5. The number of non-ortho nitro benzene ring substituents is 1. The lowest BCUT2D eigenvalue weighted by molar-refractivity contribution is -0.383. The van der Waals surface area contributed by atoms with E-state index < -0.39 is 26.2 Å². The van der Waals surface area contributed by atoms with Gasteiger partial charge in [-0.2, -0.15) is 0 Å². The molecule has 3 rings (SSSR count). The van der Waals surface area contributed by atoms with Crippen LogP contribution in [0.15, 0.2) is 56.9 Å². The van der Waals surface area contributed by atoms with Gasteiger partial charge in [-0.1, -0.05) is 6.07 Å². The van der Waals surface area contributed by atoms with E-state index in [1.165, 1.54) is 25.3 Å². The molecule has 0 saturated carbocycles. The van der Waals surface area contributed by atoms with Crippen LogP contribution in [0.3, 0.4) is 0 Å². The first kappa shape index (κ1) is 15.8. The number of ether oxygens (including phenoxy) is 1. The molecule has 3 aromatic rings. The number of furan rings is 1. The summed E-state index contributed by atoms with van der Waals surface area (Å²) in [6.45, 7) is 0. The molecule has 0 amide bonds. The standard InChI is InChI=1S/C15H11NO7S/c1-22-9-3-2-4-10(7-9)24(20,21)13-6-5-11(16(18)19)15-14(13)12(17)8-23-15/h2-8,17H,1H3. The summed E-state index contributed by atoms with van der Waals surface area (Å²) in [6.07, 6.45) is 0.863. The molecule has 0 saturated heterocycles. The van der Waals surface area contributed by atoms with Crippen LogP contribution in [0.4, 0.5) is 5.69 Å². The first-order chi connectivity index (χ1) is 11.4. The third-order valence-electron chi connectivity index (χ3n) is 3.48. The van der Waals surface area contributed by atoms with Crippen molar-refractivity contribution in [3.8, 4) is 11.5 Å².